The van der Waals surface area contributed by atoms with Crippen LogP contribution in [0.15, 0.2) is 84.6 Å². The minimum absolute atomic E-state index is 0.0686. The quantitative estimate of drug-likeness (QED) is 0.236. The first-order valence-electron chi connectivity index (χ1n) is 11.1. The van der Waals surface area contributed by atoms with Gasteiger partial charge in [-0.15, -0.1) is 0 Å². The van der Waals surface area contributed by atoms with Crippen LogP contribution in [0.2, 0.25) is 5.02 Å². The number of Topliss-reactive ketones (excluding diaryl/α,β-unsaturated/α-hetero) is 1. The van der Waals surface area contributed by atoms with E-state index in [0.29, 0.717) is 28.2 Å². The Kier molecular flexibility index (Phi) is 5.97. The van der Waals surface area contributed by atoms with Crippen molar-refractivity contribution in [1.82, 2.24) is 9.88 Å². The number of fused-ring (bicyclic) bond motifs is 1. The number of nitrogens with one attached hydrogen (secondary N) is 1. The van der Waals surface area contributed by atoms with E-state index >= 15 is 0 Å². The maximum absolute atomic E-state index is 13.6. The molecule has 0 unspecified atom stereocenters. The number of carbonyl (C=O) groups excluding carboxylic acids is 3. The van der Waals surface area contributed by atoms with Crippen LogP contribution < -0.4 is 5.32 Å². The number of halogens is 1. The highest BCUT2D eigenvalue weighted by Gasteiger charge is 2.29. The monoisotopic (exact) mass is 484 g/mol. The zero-order valence-corrected chi connectivity index (χ0v) is 19.6. The first kappa shape index (κ1) is 22.6. The molecule has 1 N–H and O–H groups in total. The second-order valence-corrected chi connectivity index (χ2v) is 8.82. The highest BCUT2D eigenvalue weighted by molar-refractivity contribution is 6.46. The number of ketones is 1. The molecule has 35 heavy (non-hydrogen) atoms. The summed E-state index contributed by atoms with van der Waals surface area (Å²) in [5.74, 6) is -2.05. The molecule has 4 aromatic rings. The molecular weight excluding hydrogens is 464 g/mol. The fourth-order valence-electron chi connectivity index (χ4n) is 4.29. The maximum Gasteiger partial charge on any atom is 0.333 e. The maximum atomic E-state index is 13.6. The molecule has 5 rings (SSSR count). The summed E-state index contributed by atoms with van der Waals surface area (Å²) in [5.41, 5.74) is 4.83. The number of hydrogen-bond acceptors (Lipinski definition) is 4. The Morgan fingerprint density at radius 2 is 1.77 bits per heavy atom. The Balaban J connectivity index is 1.69. The molecule has 0 spiro atoms. The van der Waals surface area contributed by atoms with Crippen molar-refractivity contribution in [2.45, 2.75) is 13.5 Å². The summed E-state index contributed by atoms with van der Waals surface area (Å²) in [7, 11) is 0. The van der Waals surface area contributed by atoms with Crippen molar-refractivity contribution >= 4 is 40.2 Å². The van der Waals surface area contributed by atoms with E-state index in [9.17, 15) is 14.4 Å². The lowest BCUT2D eigenvalue weighted by Gasteiger charge is -2.13. The van der Waals surface area contributed by atoms with Crippen LogP contribution in [-0.2, 0) is 20.9 Å². The van der Waals surface area contributed by atoms with Crippen molar-refractivity contribution in [3.05, 3.63) is 106 Å². The molecule has 3 aromatic carbocycles. The van der Waals surface area contributed by atoms with E-state index in [1.165, 1.54) is 6.08 Å². The first-order valence-corrected chi connectivity index (χ1v) is 11.4. The molecule has 0 aliphatic carbocycles. The largest absolute Gasteiger partial charge is 0.456 e. The number of esters is 1. The van der Waals surface area contributed by atoms with Gasteiger partial charge in [0.1, 0.15) is 6.61 Å². The lowest BCUT2D eigenvalue weighted by Crippen LogP contribution is -2.31. The Labute approximate surface area is 206 Å². The van der Waals surface area contributed by atoms with Crippen LogP contribution in [0.4, 0.5) is 0 Å². The fraction of sp³-hybridized carbons (Fsp3) is 0.107. The minimum Gasteiger partial charge on any atom is -0.456 e. The van der Waals surface area contributed by atoms with E-state index in [0.717, 1.165) is 22.2 Å². The molecule has 1 amide bonds. The van der Waals surface area contributed by atoms with E-state index in [1.54, 1.807) is 0 Å². The molecule has 1 aliphatic heterocycles. The first-order chi connectivity index (χ1) is 16.9. The zero-order valence-electron chi connectivity index (χ0n) is 18.9. The molecule has 0 saturated carbocycles. The van der Waals surface area contributed by atoms with E-state index in [1.807, 2.05) is 79.7 Å². The Morgan fingerprint density at radius 3 is 2.46 bits per heavy atom. The normalized spacial score (nSPS) is 13.0. The minimum atomic E-state index is -0.821. The van der Waals surface area contributed by atoms with Gasteiger partial charge in [-0.25, -0.2) is 4.79 Å². The van der Waals surface area contributed by atoms with Crippen molar-refractivity contribution in [3.8, 4) is 11.3 Å². The van der Waals surface area contributed by atoms with Crippen LogP contribution in [0.1, 0.15) is 21.5 Å². The molecule has 6 nitrogen and oxygen atoms in total. The van der Waals surface area contributed by atoms with Crippen molar-refractivity contribution < 1.29 is 19.1 Å². The van der Waals surface area contributed by atoms with E-state index in [-0.39, 0.29) is 12.3 Å². The average molecular weight is 485 g/mol. The Hall–Kier alpha value is -4.16. The van der Waals surface area contributed by atoms with Gasteiger partial charge in [0.2, 0.25) is 0 Å². The standard InChI is InChI=1S/C28H21ClN2O4/c1-17-7-12-23-22(13-17)25(27(33)28(34)30-21-14-24(32)35-16-21)26(19-5-3-2-4-6-19)31(23)15-18-8-10-20(29)11-9-18/h2-14H,15-16H2,1H3,(H,30,34). The molecule has 2 heterocycles. The number of amides is 1. The predicted molar refractivity (Wildman–Crippen MR) is 134 cm³/mol. The van der Waals surface area contributed by atoms with Crippen LogP contribution in [0, 0.1) is 6.92 Å². The van der Waals surface area contributed by atoms with Gasteiger partial charge in [-0.2, -0.15) is 0 Å². The molecule has 0 saturated heterocycles. The van der Waals surface area contributed by atoms with Gasteiger partial charge in [-0.1, -0.05) is 65.7 Å². The third-order valence-electron chi connectivity index (χ3n) is 5.89. The third-order valence-corrected chi connectivity index (χ3v) is 6.14. The number of carbonyl (C=O) groups is 3. The lowest BCUT2D eigenvalue weighted by molar-refractivity contribution is -0.135. The van der Waals surface area contributed by atoms with Crippen molar-refractivity contribution in [2.24, 2.45) is 0 Å². The molecule has 1 aliphatic rings. The molecule has 0 fully saturated rings. The van der Waals surface area contributed by atoms with Gasteiger partial charge >= 0.3 is 5.97 Å². The van der Waals surface area contributed by atoms with Crippen molar-refractivity contribution in [3.63, 3.8) is 0 Å². The lowest BCUT2D eigenvalue weighted by atomic mass is 10.00. The van der Waals surface area contributed by atoms with E-state index in [4.69, 9.17) is 16.3 Å². The van der Waals surface area contributed by atoms with Gasteiger partial charge in [0.25, 0.3) is 11.7 Å². The third kappa shape index (κ3) is 4.48. The summed E-state index contributed by atoms with van der Waals surface area (Å²) in [6.45, 7) is 2.35. The highest BCUT2D eigenvalue weighted by atomic mass is 35.5. The second kappa shape index (κ2) is 9.24. The van der Waals surface area contributed by atoms with E-state index < -0.39 is 17.7 Å². The van der Waals surface area contributed by atoms with Gasteiger partial charge in [-0.05, 0) is 42.3 Å². The van der Waals surface area contributed by atoms with Gasteiger partial charge in [-0.3, -0.25) is 9.59 Å². The number of aryl methyl sites for hydroxylation is 1. The summed E-state index contributed by atoms with van der Waals surface area (Å²) >= 11 is 6.08. The van der Waals surface area contributed by atoms with Crippen LogP contribution in [-0.4, -0.2) is 28.8 Å². The number of aromatic nitrogens is 1. The summed E-state index contributed by atoms with van der Waals surface area (Å²) in [6.07, 6.45) is 1.18. The molecular formula is C28H21ClN2O4. The van der Waals surface area contributed by atoms with Crippen LogP contribution in [0.3, 0.4) is 0 Å². The number of ether oxygens (including phenoxy) is 1. The summed E-state index contributed by atoms with van der Waals surface area (Å²) in [5, 5.41) is 3.86. The number of cyclic esters (lactones) is 1. The summed E-state index contributed by atoms with van der Waals surface area (Å²) in [6, 6.07) is 22.9. The number of rotatable bonds is 6. The van der Waals surface area contributed by atoms with Gasteiger partial charge in [0.15, 0.2) is 0 Å². The second-order valence-electron chi connectivity index (χ2n) is 8.38. The Bertz CT molecular complexity index is 1500. The highest BCUT2D eigenvalue weighted by Crippen LogP contribution is 2.36. The average Bonchev–Trinajstić information content (AvgIpc) is 3.40. The number of nitrogens with zero attached hydrogens (tertiary/aromatic N) is 1. The van der Waals surface area contributed by atoms with Crippen molar-refractivity contribution in [2.75, 3.05) is 6.61 Å². The molecule has 0 radical (unpaired) electrons. The number of benzene rings is 3. The predicted octanol–water partition coefficient (Wildman–Crippen LogP) is 5.06. The summed E-state index contributed by atoms with van der Waals surface area (Å²) < 4.78 is 6.89. The summed E-state index contributed by atoms with van der Waals surface area (Å²) in [4.78, 5) is 38.1. The van der Waals surface area contributed by atoms with Gasteiger partial charge in [0.05, 0.1) is 17.0 Å². The topological polar surface area (TPSA) is 77.4 Å². The SMILES string of the molecule is Cc1ccc2c(c1)c(C(=O)C(=O)NC1=CC(=O)OC1)c(-c1ccccc1)n2Cc1ccc(Cl)cc1. The Morgan fingerprint density at radius 1 is 1.03 bits per heavy atom. The molecule has 7 heteroatoms. The van der Waals surface area contributed by atoms with Crippen LogP contribution in [0.5, 0.6) is 0 Å². The van der Waals surface area contributed by atoms with Gasteiger partial charge < -0.3 is 14.6 Å². The molecule has 0 bridgehead atoms. The molecule has 174 valence electrons. The van der Waals surface area contributed by atoms with Crippen molar-refractivity contribution in [1.29, 1.82) is 0 Å². The van der Waals surface area contributed by atoms with E-state index in [2.05, 4.69) is 9.88 Å². The fourth-order valence-corrected chi connectivity index (χ4v) is 4.42. The smallest absolute Gasteiger partial charge is 0.333 e. The zero-order chi connectivity index (χ0) is 24.5. The molecule has 0 atom stereocenters. The number of hydrogen-bond donors (Lipinski definition) is 1. The van der Waals surface area contributed by atoms with Crippen LogP contribution >= 0.6 is 11.6 Å². The molecule has 1 aromatic heterocycles. The van der Waals surface area contributed by atoms with Gasteiger partial charge in [0, 0.05) is 28.5 Å². The van der Waals surface area contributed by atoms with Crippen LogP contribution in [0.25, 0.3) is 22.2 Å².